The van der Waals surface area contributed by atoms with Crippen LogP contribution in [-0.2, 0) is 15.3 Å². The Hall–Kier alpha value is -2.78. The SMILES string of the molecule is Cc1noc(CSc2ccccc2C(=O)OCC(=O)NCCCSc2ccccc2)n1. The lowest BCUT2D eigenvalue weighted by Gasteiger charge is -2.09. The summed E-state index contributed by atoms with van der Waals surface area (Å²) in [6.45, 7) is 1.97. The first kappa shape index (κ1) is 22.9. The van der Waals surface area contributed by atoms with Crippen LogP contribution in [0.4, 0.5) is 0 Å². The molecule has 0 saturated heterocycles. The molecule has 0 aliphatic rings. The van der Waals surface area contributed by atoms with E-state index < -0.39 is 5.97 Å². The summed E-state index contributed by atoms with van der Waals surface area (Å²) in [6, 6.07) is 17.2. The van der Waals surface area contributed by atoms with Crippen LogP contribution in [0.2, 0.25) is 0 Å². The van der Waals surface area contributed by atoms with E-state index in [9.17, 15) is 9.59 Å². The molecule has 0 radical (unpaired) electrons. The van der Waals surface area contributed by atoms with Gasteiger partial charge in [-0.05, 0) is 43.4 Å². The van der Waals surface area contributed by atoms with E-state index in [-0.39, 0.29) is 12.5 Å². The molecule has 0 aliphatic heterocycles. The summed E-state index contributed by atoms with van der Waals surface area (Å²) in [5.41, 5.74) is 0.399. The second-order valence-corrected chi connectivity index (χ2v) is 8.65. The Labute approximate surface area is 189 Å². The Morgan fingerprint density at radius 2 is 1.84 bits per heavy atom. The molecule has 162 valence electrons. The number of nitrogens with one attached hydrogen (secondary N) is 1. The molecule has 1 heterocycles. The fourth-order valence-corrected chi connectivity index (χ4v) is 4.32. The average molecular weight is 458 g/mol. The summed E-state index contributed by atoms with van der Waals surface area (Å²) in [6.07, 6.45) is 0.827. The topological polar surface area (TPSA) is 94.3 Å². The zero-order valence-corrected chi connectivity index (χ0v) is 18.7. The van der Waals surface area contributed by atoms with Crippen molar-refractivity contribution in [2.24, 2.45) is 0 Å². The van der Waals surface area contributed by atoms with E-state index in [2.05, 4.69) is 27.6 Å². The van der Waals surface area contributed by atoms with Gasteiger partial charge in [0.15, 0.2) is 12.4 Å². The number of carbonyl (C=O) groups is 2. The average Bonchev–Trinajstić information content (AvgIpc) is 3.22. The van der Waals surface area contributed by atoms with Crippen LogP contribution >= 0.6 is 23.5 Å². The normalized spacial score (nSPS) is 10.6. The maximum Gasteiger partial charge on any atom is 0.339 e. The largest absolute Gasteiger partial charge is 0.452 e. The number of amides is 1. The van der Waals surface area contributed by atoms with Gasteiger partial charge in [0, 0.05) is 16.3 Å². The molecular formula is C22H23N3O4S2. The lowest BCUT2D eigenvalue weighted by molar-refractivity contribution is -0.124. The Kier molecular flexibility index (Phi) is 8.99. The molecule has 7 nitrogen and oxygen atoms in total. The molecule has 0 spiro atoms. The second kappa shape index (κ2) is 12.2. The van der Waals surface area contributed by atoms with Gasteiger partial charge in [-0.25, -0.2) is 4.79 Å². The van der Waals surface area contributed by atoms with Gasteiger partial charge in [0.1, 0.15) is 0 Å². The van der Waals surface area contributed by atoms with Gasteiger partial charge in [-0.15, -0.1) is 23.5 Å². The van der Waals surface area contributed by atoms with Crippen LogP contribution in [0.15, 0.2) is 68.9 Å². The maximum atomic E-state index is 12.4. The molecule has 1 aromatic heterocycles. The van der Waals surface area contributed by atoms with Crippen LogP contribution in [0.5, 0.6) is 0 Å². The van der Waals surface area contributed by atoms with Crippen LogP contribution in [0.1, 0.15) is 28.5 Å². The zero-order valence-electron chi connectivity index (χ0n) is 17.1. The predicted molar refractivity (Wildman–Crippen MR) is 120 cm³/mol. The third-order valence-electron chi connectivity index (χ3n) is 4.02. The molecule has 1 amide bonds. The Bertz CT molecular complexity index is 995. The maximum absolute atomic E-state index is 12.4. The highest BCUT2D eigenvalue weighted by Gasteiger charge is 2.15. The molecule has 1 N–H and O–H groups in total. The van der Waals surface area contributed by atoms with Crippen LogP contribution in [-0.4, -0.2) is 40.9 Å². The molecular weight excluding hydrogens is 434 g/mol. The van der Waals surface area contributed by atoms with Crippen LogP contribution in [0, 0.1) is 6.92 Å². The number of rotatable bonds is 11. The van der Waals surface area contributed by atoms with Crippen molar-refractivity contribution in [3.8, 4) is 0 Å². The van der Waals surface area contributed by atoms with E-state index in [0.29, 0.717) is 29.6 Å². The van der Waals surface area contributed by atoms with E-state index in [1.807, 2.05) is 30.3 Å². The number of ether oxygens (including phenoxy) is 1. The number of aryl methyl sites for hydroxylation is 1. The van der Waals surface area contributed by atoms with Crippen molar-refractivity contribution in [3.05, 3.63) is 71.9 Å². The van der Waals surface area contributed by atoms with Crippen LogP contribution in [0.25, 0.3) is 0 Å². The van der Waals surface area contributed by atoms with Gasteiger partial charge in [0.2, 0.25) is 5.89 Å². The minimum Gasteiger partial charge on any atom is -0.452 e. The van der Waals surface area contributed by atoms with Gasteiger partial charge >= 0.3 is 5.97 Å². The highest BCUT2D eigenvalue weighted by molar-refractivity contribution is 7.99. The molecule has 0 atom stereocenters. The van der Waals surface area contributed by atoms with Crippen molar-refractivity contribution < 1.29 is 18.8 Å². The third kappa shape index (κ3) is 7.76. The molecule has 0 saturated carbocycles. The van der Waals surface area contributed by atoms with Crippen molar-refractivity contribution in [1.82, 2.24) is 15.5 Å². The lowest BCUT2D eigenvalue weighted by Crippen LogP contribution is -2.29. The summed E-state index contributed by atoms with van der Waals surface area (Å²) < 4.78 is 10.3. The van der Waals surface area contributed by atoms with Crippen molar-refractivity contribution in [2.75, 3.05) is 18.9 Å². The minimum atomic E-state index is -0.542. The van der Waals surface area contributed by atoms with Gasteiger partial charge in [0.25, 0.3) is 5.91 Å². The quantitative estimate of drug-likeness (QED) is 0.261. The van der Waals surface area contributed by atoms with E-state index >= 15 is 0 Å². The Balaban J connectivity index is 1.38. The van der Waals surface area contributed by atoms with Crippen molar-refractivity contribution in [1.29, 1.82) is 0 Å². The third-order valence-corrected chi connectivity index (χ3v) is 6.17. The number of hydrogen-bond acceptors (Lipinski definition) is 8. The number of esters is 1. The molecule has 2 aromatic carbocycles. The van der Waals surface area contributed by atoms with Gasteiger partial charge in [-0.2, -0.15) is 4.98 Å². The van der Waals surface area contributed by atoms with Crippen molar-refractivity contribution in [3.63, 3.8) is 0 Å². The number of thioether (sulfide) groups is 2. The van der Waals surface area contributed by atoms with E-state index in [1.54, 1.807) is 30.8 Å². The van der Waals surface area contributed by atoms with E-state index in [1.165, 1.54) is 16.7 Å². The molecule has 3 aromatic rings. The van der Waals surface area contributed by atoms with Crippen molar-refractivity contribution >= 4 is 35.4 Å². The number of carbonyl (C=O) groups excluding carboxylic acids is 2. The van der Waals surface area contributed by atoms with E-state index in [4.69, 9.17) is 9.26 Å². The standard InChI is InChI=1S/C22H23N3O4S2/c1-16-24-21(29-25-16)15-31-19-11-6-5-10-18(19)22(27)28-14-20(26)23-12-7-13-30-17-8-3-2-4-9-17/h2-6,8-11H,7,12-15H2,1H3,(H,23,26). The van der Waals surface area contributed by atoms with Gasteiger partial charge in [-0.3, -0.25) is 4.79 Å². The molecule has 0 unspecified atom stereocenters. The molecule has 0 bridgehead atoms. The fourth-order valence-electron chi connectivity index (χ4n) is 2.57. The second-order valence-electron chi connectivity index (χ2n) is 6.46. The summed E-state index contributed by atoms with van der Waals surface area (Å²) >= 11 is 3.13. The summed E-state index contributed by atoms with van der Waals surface area (Å²) in [4.78, 5) is 30.5. The Morgan fingerprint density at radius 3 is 2.61 bits per heavy atom. The van der Waals surface area contributed by atoms with Gasteiger partial charge in [-0.1, -0.05) is 35.5 Å². The highest BCUT2D eigenvalue weighted by Crippen LogP contribution is 2.26. The predicted octanol–water partition coefficient (Wildman–Crippen LogP) is 4.13. The molecule has 31 heavy (non-hydrogen) atoms. The van der Waals surface area contributed by atoms with Gasteiger partial charge < -0.3 is 14.6 Å². The fraction of sp³-hybridized carbons (Fsp3) is 0.273. The first-order valence-electron chi connectivity index (χ1n) is 9.74. The number of aromatic nitrogens is 2. The Morgan fingerprint density at radius 1 is 1.06 bits per heavy atom. The first-order valence-corrected chi connectivity index (χ1v) is 11.7. The first-order chi connectivity index (χ1) is 15.1. The van der Waals surface area contributed by atoms with Gasteiger partial charge in [0.05, 0.1) is 11.3 Å². The summed E-state index contributed by atoms with van der Waals surface area (Å²) in [5, 5.41) is 6.53. The lowest BCUT2D eigenvalue weighted by atomic mass is 10.2. The number of nitrogens with zero attached hydrogens (tertiary/aromatic N) is 2. The van der Waals surface area contributed by atoms with Crippen molar-refractivity contribution in [2.45, 2.75) is 28.9 Å². The van der Waals surface area contributed by atoms with E-state index in [0.717, 1.165) is 17.1 Å². The monoisotopic (exact) mass is 457 g/mol. The van der Waals surface area contributed by atoms with Crippen LogP contribution < -0.4 is 5.32 Å². The molecule has 0 aliphatic carbocycles. The highest BCUT2D eigenvalue weighted by atomic mass is 32.2. The number of hydrogen-bond donors (Lipinski definition) is 1. The summed E-state index contributed by atoms with van der Waals surface area (Å²) in [5.74, 6) is 1.52. The number of benzene rings is 2. The van der Waals surface area contributed by atoms with Crippen LogP contribution in [0.3, 0.4) is 0 Å². The molecule has 3 rings (SSSR count). The molecule has 9 heteroatoms. The zero-order chi connectivity index (χ0) is 21.9. The summed E-state index contributed by atoms with van der Waals surface area (Å²) in [7, 11) is 0. The smallest absolute Gasteiger partial charge is 0.339 e. The minimum absolute atomic E-state index is 0.313. The molecule has 0 fully saturated rings.